The van der Waals surface area contributed by atoms with Crippen LogP contribution < -0.4 is 5.32 Å². The number of aromatic nitrogens is 2. The fraction of sp³-hybridized carbons (Fsp3) is 0.636. The molecule has 16 heavy (non-hydrogen) atoms. The molecule has 1 aromatic heterocycles. The largest absolute Gasteiger partial charge is 0.354 e. The zero-order valence-corrected chi connectivity index (χ0v) is 11.2. The van der Waals surface area contributed by atoms with Gasteiger partial charge in [-0.15, -0.1) is 0 Å². The van der Waals surface area contributed by atoms with E-state index in [9.17, 15) is 4.79 Å². The molecule has 1 N–H and O–H groups in total. The van der Waals surface area contributed by atoms with Crippen molar-refractivity contribution >= 4 is 21.8 Å². The highest BCUT2D eigenvalue weighted by Gasteiger charge is 2.02. The van der Waals surface area contributed by atoms with Crippen LogP contribution in [0, 0.1) is 0 Å². The topological polar surface area (TPSA) is 46.9 Å². The standard InChI is InChI=1S/C11H18BrN3O/c1-2-3-4-5-6-13-11(16)9-15-8-10(12)7-14-15/h7-8H,2-6,9H2,1H3,(H,13,16). The molecular weight excluding hydrogens is 270 g/mol. The maximum absolute atomic E-state index is 11.5. The van der Waals surface area contributed by atoms with Crippen LogP contribution >= 0.6 is 15.9 Å². The molecule has 1 rings (SSSR count). The Hall–Kier alpha value is -0.840. The molecule has 0 saturated heterocycles. The lowest BCUT2D eigenvalue weighted by molar-refractivity contribution is -0.121. The summed E-state index contributed by atoms with van der Waals surface area (Å²) in [5, 5.41) is 6.91. The zero-order valence-electron chi connectivity index (χ0n) is 9.58. The number of carbonyl (C=O) groups excluding carboxylic acids is 1. The normalized spacial score (nSPS) is 10.4. The number of carbonyl (C=O) groups is 1. The second-order valence-electron chi connectivity index (χ2n) is 3.77. The van der Waals surface area contributed by atoms with Gasteiger partial charge in [-0.3, -0.25) is 9.48 Å². The number of hydrogen-bond acceptors (Lipinski definition) is 2. The molecule has 1 aromatic rings. The summed E-state index contributed by atoms with van der Waals surface area (Å²) in [5.74, 6) is 0.0205. The van der Waals surface area contributed by atoms with Gasteiger partial charge < -0.3 is 5.32 Å². The maximum Gasteiger partial charge on any atom is 0.241 e. The van der Waals surface area contributed by atoms with Crippen LogP contribution in [0.4, 0.5) is 0 Å². The maximum atomic E-state index is 11.5. The first-order valence-corrected chi connectivity index (χ1v) is 6.46. The second-order valence-corrected chi connectivity index (χ2v) is 4.68. The van der Waals surface area contributed by atoms with Crippen molar-refractivity contribution in [1.82, 2.24) is 15.1 Å². The highest BCUT2D eigenvalue weighted by molar-refractivity contribution is 9.10. The summed E-state index contributed by atoms with van der Waals surface area (Å²) < 4.78 is 2.51. The Morgan fingerprint density at radius 2 is 2.31 bits per heavy atom. The van der Waals surface area contributed by atoms with E-state index >= 15 is 0 Å². The summed E-state index contributed by atoms with van der Waals surface area (Å²) in [6.07, 6.45) is 8.16. The van der Waals surface area contributed by atoms with Crippen LogP contribution in [0.25, 0.3) is 0 Å². The van der Waals surface area contributed by atoms with E-state index in [4.69, 9.17) is 0 Å². The lowest BCUT2D eigenvalue weighted by Crippen LogP contribution is -2.28. The quantitative estimate of drug-likeness (QED) is 0.783. The van der Waals surface area contributed by atoms with E-state index in [0.717, 1.165) is 17.4 Å². The zero-order chi connectivity index (χ0) is 11.8. The van der Waals surface area contributed by atoms with Crippen molar-refractivity contribution in [1.29, 1.82) is 0 Å². The molecule has 0 radical (unpaired) electrons. The van der Waals surface area contributed by atoms with Crippen LogP contribution in [0.1, 0.15) is 32.6 Å². The van der Waals surface area contributed by atoms with Gasteiger partial charge in [-0.25, -0.2) is 0 Å². The summed E-state index contributed by atoms with van der Waals surface area (Å²) in [5.41, 5.74) is 0. The Balaban J connectivity index is 2.11. The minimum absolute atomic E-state index is 0.0205. The number of rotatable bonds is 7. The summed E-state index contributed by atoms with van der Waals surface area (Å²) in [6, 6.07) is 0. The average molecular weight is 288 g/mol. The molecule has 0 aliphatic heterocycles. The molecule has 0 aromatic carbocycles. The second kappa shape index (κ2) is 7.44. The van der Waals surface area contributed by atoms with Crippen molar-refractivity contribution in [2.45, 2.75) is 39.2 Å². The van der Waals surface area contributed by atoms with Crippen LogP contribution in [0.3, 0.4) is 0 Å². The van der Waals surface area contributed by atoms with Gasteiger partial charge in [-0.2, -0.15) is 5.10 Å². The molecule has 0 unspecified atom stereocenters. The number of amides is 1. The molecule has 0 bridgehead atoms. The van der Waals surface area contributed by atoms with Crippen LogP contribution in [-0.2, 0) is 11.3 Å². The molecular formula is C11H18BrN3O. The molecule has 0 spiro atoms. The smallest absolute Gasteiger partial charge is 0.241 e. The number of halogens is 1. The van der Waals surface area contributed by atoms with E-state index in [1.54, 1.807) is 17.1 Å². The minimum Gasteiger partial charge on any atom is -0.354 e. The molecule has 1 heterocycles. The number of nitrogens with one attached hydrogen (secondary N) is 1. The van der Waals surface area contributed by atoms with Crippen molar-refractivity contribution in [3.05, 3.63) is 16.9 Å². The predicted octanol–water partition coefficient (Wildman–Crippen LogP) is 2.34. The van der Waals surface area contributed by atoms with Gasteiger partial charge in [-0.05, 0) is 22.4 Å². The van der Waals surface area contributed by atoms with Crippen molar-refractivity contribution < 1.29 is 4.79 Å². The molecule has 0 saturated carbocycles. The SMILES string of the molecule is CCCCCCNC(=O)Cn1cc(Br)cn1. The minimum atomic E-state index is 0.0205. The summed E-state index contributed by atoms with van der Waals surface area (Å²) in [7, 11) is 0. The predicted molar refractivity (Wildman–Crippen MR) is 67.1 cm³/mol. The fourth-order valence-electron chi connectivity index (χ4n) is 1.41. The first-order chi connectivity index (χ1) is 7.72. The molecule has 1 amide bonds. The Morgan fingerprint density at radius 1 is 1.50 bits per heavy atom. The molecule has 0 atom stereocenters. The summed E-state index contributed by atoms with van der Waals surface area (Å²) in [4.78, 5) is 11.5. The molecule has 5 heteroatoms. The van der Waals surface area contributed by atoms with Crippen molar-refractivity contribution in [2.24, 2.45) is 0 Å². The summed E-state index contributed by atoms with van der Waals surface area (Å²) in [6.45, 7) is 3.23. The average Bonchev–Trinajstić information content (AvgIpc) is 2.63. The van der Waals surface area contributed by atoms with E-state index < -0.39 is 0 Å². The van der Waals surface area contributed by atoms with E-state index in [1.807, 2.05) is 0 Å². The van der Waals surface area contributed by atoms with E-state index in [0.29, 0.717) is 6.54 Å². The number of nitrogens with zero attached hydrogens (tertiary/aromatic N) is 2. The van der Waals surface area contributed by atoms with Crippen molar-refractivity contribution in [2.75, 3.05) is 6.54 Å². The molecule has 0 aliphatic carbocycles. The Bertz CT molecular complexity index is 325. The van der Waals surface area contributed by atoms with Crippen molar-refractivity contribution in [3.8, 4) is 0 Å². The van der Waals surface area contributed by atoms with E-state index in [2.05, 4.69) is 33.3 Å². The van der Waals surface area contributed by atoms with E-state index in [-0.39, 0.29) is 5.91 Å². The van der Waals surface area contributed by atoms with Gasteiger partial charge in [0.15, 0.2) is 0 Å². The van der Waals surface area contributed by atoms with E-state index in [1.165, 1.54) is 19.3 Å². The lowest BCUT2D eigenvalue weighted by Gasteiger charge is -2.04. The third-order valence-electron chi connectivity index (χ3n) is 2.26. The Labute approximate surface area is 105 Å². The van der Waals surface area contributed by atoms with Crippen molar-refractivity contribution in [3.63, 3.8) is 0 Å². The van der Waals surface area contributed by atoms with Gasteiger partial charge >= 0.3 is 0 Å². The van der Waals surface area contributed by atoms with Crippen LogP contribution in [0.5, 0.6) is 0 Å². The lowest BCUT2D eigenvalue weighted by atomic mass is 10.2. The highest BCUT2D eigenvalue weighted by atomic mass is 79.9. The Morgan fingerprint density at radius 3 is 2.94 bits per heavy atom. The third kappa shape index (κ3) is 5.30. The number of hydrogen-bond donors (Lipinski definition) is 1. The van der Waals surface area contributed by atoms with Gasteiger partial charge in [0.1, 0.15) is 6.54 Å². The van der Waals surface area contributed by atoms with Crippen LogP contribution in [0.15, 0.2) is 16.9 Å². The first-order valence-electron chi connectivity index (χ1n) is 5.67. The molecule has 0 aliphatic rings. The van der Waals surface area contributed by atoms with Crippen LogP contribution in [-0.4, -0.2) is 22.2 Å². The fourth-order valence-corrected chi connectivity index (χ4v) is 1.74. The highest BCUT2D eigenvalue weighted by Crippen LogP contribution is 2.05. The first kappa shape index (κ1) is 13.2. The van der Waals surface area contributed by atoms with Gasteiger partial charge in [0.25, 0.3) is 0 Å². The molecule has 90 valence electrons. The van der Waals surface area contributed by atoms with Crippen LogP contribution in [0.2, 0.25) is 0 Å². The number of unbranched alkanes of at least 4 members (excludes halogenated alkanes) is 3. The summed E-state index contributed by atoms with van der Waals surface area (Å²) >= 11 is 3.29. The third-order valence-corrected chi connectivity index (χ3v) is 2.67. The van der Waals surface area contributed by atoms with Gasteiger partial charge in [0.2, 0.25) is 5.91 Å². The van der Waals surface area contributed by atoms with Gasteiger partial charge in [0, 0.05) is 12.7 Å². The molecule has 0 fully saturated rings. The monoisotopic (exact) mass is 287 g/mol. The van der Waals surface area contributed by atoms with Gasteiger partial charge in [-0.1, -0.05) is 26.2 Å². The Kier molecular flexibility index (Phi) is 6.15. The molecule has 4 nitrogen and oxygen atoms in total. The van der Waals surface area contributed by atoms with Gasteiger partial charge in [0.05, 0.1) is 10.7 Å².